The maximum absolute atomic E-state index is 12.2. The summed E-state index contributed by atoms with van der Waals surface area (Å²) in [4.78, 5) is 12.2. The summed E-state index contributed by atoms with van der Waals surface area (Å²) in [6.45, 7) is 0. The number of rotatable bonds is 0. The number of nitrogens with one attached hydrogen (secondary N) is 1. The fraction of sp³-hybridized carbons (Fsp3) is 0.462. The summed E-state index contributed by atoms with van der Waals surface area (Å²) in [7, 11) is 0. The van der Waals surface area contributed by atoms with Crippen LogP contribution in [0.15, 0.2) is 22.7 Å². The van der Waals surface area contributed by atoms with E-state index in [4.69, 9.17) is 0 Å². The highest BCUT2D eigenvalue weighted by molar-refractivity contribution is 9.10. The Balaban J connectivity index is 2.15. The van der Waals surface area contributed by atoms with E-state index < -0.39 is 0 Å². The van der Waals surface area contributed by atoms with Crippen LogP contribution in [0.3, 0.4) is 0 Å². The average Bonchev–Trinajstić information content (AvgIpc) is 2.57. The molecule has 0 atom stereocenters. The molecule has 16 heavy (non-hydrogen) atoms. The molecule has 0 unspecified atom stereocenters. The topological polar surface area (TPSA) is 29.1 Å². The van der Waals surface area contributed by atoms with Crippen molar-refractivity contribution in [1.29, 1.82) is 0 Å². The van der Waals surface area contributed by atoms with Gasteiger partial charge in [-0.2, -0.15) is 0 Å². The molecule has 1 aliphatic heterocycles. The van der Waals surface area contributed by atoms with Crippen LogP contribution in [0, 0.1) is 0 Å². The number of carbonyl (C=O) groups is 1. The lowest BCUT2D eigenvalue weighted by atomic mass is 9.70. The second-order valence-corrected chi connectivity index (χ2v) is 5.61. The molecule has 0 aromatic heterocycles. The van der Waals surface area contributed by atoms with Crippen LogP contribution < -0.4 is 5.32 Å². The van der Waals surface area contributed by atoms with Crippen LogP contribution >= 0.6 is 15.9 Å². The third-order valence-corrected chi connectivity index (χ3v) is 4.57. The molecular formula is C13H14BrNO. The molecule has 1 aliphatic carbocycles. The Hall–Kier alpha value is -0.830. The van der Waals surface area contributed by atoms with Crippen LogP contribution in [0.2, 0.25) is 0 Å². The van der Waals surface area contributed by atoms with E-state index in [1.807, 2.05) is 12.1 Å². The highest BCUT2D eigenvalue weighted by Crippen LogP contribution is 2.49. The second-order valence-electron chi connectivity index (χ2n) is 4.76. The van der Waals surface area contributed by atoms with Crippen LogP contribution in [0.25, 0.3) is 0 Å². The van der Waals surface area contributed by atoms with E-state index in [2.05, 4.69) is 27.3 Å². The minimum atomic E-state index is -0.225. The molecule has 0 bridgehead atoms. The van der Waals surface area contributed by atoms with E-state index in [-0.39, 0.29) is 11.3 Å². The molecule has 1 heterocycles. The van der Waals surface area contributed by atoms with Crippen LogP contribution in [0.5, 0.6) is 0 Å². The summed E-state index contributed by atoms with van der Waals surface area (Å²) < 4.78 is 1.00. The average molecular weight is 280 g/mol. The summed E-state index contributed by atoms with van der Waals surface area (Å²) in [5, 5.41) is 3.04. The molecule has 1 saturated carbocycles. The van der Waals surface area contributed by atoms with Crippen molar-refractivity contribution >= 4 is 27.5 Å². The Morgan fingerprint density at radius 2 is 1.94 bits per heavy atom. The Kier molecular flexibility index (Phi) is 2.32. The first kappa shape index (κ1) is 10.3. The second kappa shape index (κ2) is 3.59. The van der Waals surface area contributed by atoms with Gasteiger partial charge >= 0.3 is 0 Å². The molecule has 1 N–H and O–H groups in total. The molecule has 2 nitrogen and oxygen atoms in total. The number of hydrogen-bond acceptors (Lipinski definition) is 1. The van der Waals surface area contributed by atoms with Gasteiger partial charge in [-0.25, -0.2) is 0 Å². The van der Waals surface area contributed by atoms with E-state index in [9.17, 15) is 4.79 Å². The van der Waals surface area contributed by atoms with Gasteiger partial charge in [-0.1, -0.05) is 31.4 Å². The number of benzene rings is 1. The number of amides is 1. The molecule has 1 aromatic rings. The number of hydrogen-bond donors (Lipinski definition) is 1. The van der Waals surface area contributed by atoms with Gasteiger partial charge in [0.05, 0.1) is 11.1 Å². The number of halogens is 1. The lowest BCUT2D eigenvalue weighted by Gasteiger charge is -2.31. The predicted molar refractivity (Wildman–Crippen MR) is 67.5 cm³/mol. The van der Waals surface area contributed by atoms with E-state index >= 15 is 0 Å². The molecule has 1 fully saturated rings. The highest BCUT2D eigenvalue weighted by atomic mass is 79.9. The van der Waals surface area contributed by atoms with Crippen molar-refractivity contribution in [2.45, 2.75) is 37.5 Å². The fourth-order valence-corrected chi connectivity index (χ4v) is 3.52. The van der Waals surface area contributed by atoms with Crippen LogP contribution in [-0.2, 0) is 10.2 Å². The molecule has 2 aliphatic rings. The molecule has 84 valence electrons. The molecule has 1 amide bonds. The Bertz CT molecular complexity index is 449. The smallest absolute Gasteiger partial charge is 0.235 e. The van der Waals surface area contributed by atoms with Crippen molar-refractivity contribution in [1.82, 2.24) is 0 Å². The van der Waals surface area contributed by atoms with Crippen LogP contribution in [0.4, 0.5) is 5.69 Å². The van der Waals surface area contributed by atoms with Gasteiger partial charge in [-0.15, -0.1) is 0 Å². The van der Waals surface area contributed by atoms with Crippen molar-refractivity contribution in [2.75, 3.05) is 5.32 Å². The Labute approximate surface area is 104 Å². The summed E-state index contributed by atoms with van der Waals surface area (Å²) >= 11 is 3.51. The van der Waals surface area contributed by atoms with Crippen molar-refractivity contribution in [2.24, 2.45) is 0 Å². The van der Waals surface area contributed by atoms with Gasteiger partial charge in [0.25, 0.3) is 0 Å². The molecular weight excluding hydrogens is 266 g/mol. The monoisotopic (exact) mass is 279 g/mol. The van der Waals surface area contributed by atoms with Crippen molar-refractivity contribution in [3.63, 3.8) is 0 Å². The summed E-state index contributed by atoms with van der Waals surface area (Å²) in [5.74, 6) is 0.203. The number of anilines is 1. The zero-order chi connectivity index (χ0) is 11.2. The molecule has 3 rings (SSSR count). The molecule has 1 spiro atoms. The third-order valence-electron chi connectivity index (χ3n) is 3.91. The molecule has 0 radical (unpaired) electrons. The summed E-state index contributed by atoms with van der Waals surface area (Å²) in [6, 6.07) is 6.11. The molecule has 0 saturated heterocycles. The maximum Gasteiger partial charge on any atom is 0.235 e. The zero-order valence-corrected chi connectivity index (χ0v) is 10.6. The van der Waals surface area contributed by atoms with E-state index in [0.717, 1.165) is 23.0 Å². The maximum atomic E-state index is 12.2. The number of para-hydroxylation sites is 1. The van der Waals surface area contributed by atoms with Gasteiger partial charge in [0.2, 0.25) is 5.91 Å². The normalized spacial score (nSPS) is 21.9. The molecule has 1 aromatic carbocycles. The SMILES string of the molecule is O=C1Nc2c(Br)cccc2C12CCCCC2. The van der Waals surface area contributed by atoms with Crippen LogP contribution in [0.1, 0.15) is 37.7 Å². The number of fused-ring (bicyclic) bond motifs is 2. The highest BCUT2D eigenvalue weighted by Gasteiger charge is 2.47. The number of carbonyl (C=O) groups excluding carboxylic acids is 1. The quantitative estimate of drug-likeness (QED) is 0.773. The summed E-state index contributed by atoms with van der Waals surface area (Å²) in [6.07, 6.45) is 5.60. The molecule has 3 heteroatoms. The van der Waals surface area contributed by atoms with E-state index in [1.165, 1.54) is 24.8 Å². The van der Waals surface area contributed by atoms with Gasteiger partial charge in [-0.3, -0.25) is 4.79 Å². The largest absolute Gasteiger partial charge is 0.324 e. The fourth-order valence-electron chi connectivity index (χ4n) is 3.06. The van der Waals surface area contributed by atoms with Gasteiger partial charge < -0.3 is 5.32 Å². The van der Waals surface area contributed by atoms with Gasteiger partial charge in [0, 0.05) is 4.47 Å². The standard InChI is InChI=1S/C13H14BrNO/c14-10-6-4-5-9-11(10)15-12(16)13(9)7-2-1-3-8-13/h4-6H,1-3,7-8H2,(H,15,16). The first-order valence-corrected chi connectivity index (χ1v) is 6.64. The lowest BCUT2D eigenvalue weighted by Crippen LogP contribution is -2.36. The van der Waals surface area contributed by atoms with Gasteiger partial charge in [-0.05, 0) is 40.4 Å². The van der Waals surface area contributed by atoms with Gasteiger partial charge in [0.1, 0.15) is 0 Å². The van der Waals surface area contributed by atoms with Crippen molar-refractivity contribution < 1.29 is 4.79 Å². The summed E-state index contributed by atoms with van der Waals surface area (Å²) in [5.41, 5.74) is 1.97. The Morgan fingerprint density at radius 1 is 1.19 bits per heavy atom. The minimum Gasteiger partial charge on any atom is -0.324 e. The Morgan fingerprint density at radius 3 is 2.69 bits per heavy atom. The zero-order valence-electron chi connectivity index (χ0n) is 9.05. The van der Waals surface area contributed by atoms with E-state index in [0.29, 0.717) is 0 Å². The first-order valence-electron chi connectivity index (χ1n) is 5.84. The van der Waals surface area contributed by atoms with Crippen molar-refractivity contribution in [3.05, 3.63) is 28.2 Å². The van der Waals surface area contributed by atoms with Gasteiger partial charge in [0.15, 0.2) is 0 Å². The van der Waals surface area contributed by atoms with Crippen LogP contribution in [-0.4, -0.2) is 5.91 Å². The lowest BCUT2D eigenvalue weighted by molar-refractivity contribution is -0.121. The first-order chi connectivity index (χ1) is 7.74. The third kappa shape index (κ3) is 1.27. The van der Waals surface area contributed by atoms with E-state index in [1.54, 1.807) is 0 Å². The minimum absolute atomic E-state index is 0.203. The predicted octanol–water partition coefficient (Wildman–Crippen LogP) is 3.60. The van der Waals surface area contributed by atoms with Crippen molar-refractivity contribution in [3.8, 4) is 0 Å².